The zero-order chi connectivity index (χ0) is 16.0. The van der Waals surface area contributed by atoms with E-state index in [0.29, 0.717) is 0 Å². The number of phosphoric ester groups is 1. The molecule has 11 heteroatoms. The molecule has 0 unspecified atom stereocenters. The van der Waals surface area contributed by atoms with Crippen molar-refractivity contribution in [3.8, 4) is 5.75 Å². The maximum absolute atomic E-state index is 10.9. The maximum Gasteiger partial charge on any atom is 0.469 e. The predicted molar refractivity (Wildman–Crippen MR) is 73.9 cm³/mol. The van der Waals surface area contributed by atoms with Crippen molar-refractivity contribution in [3.05, 3.63) is 23.0 Å². The van der Waals surface area contributed by atoms with Crippen LogP contribution in [0.2, 0.25) is 0 Å². The molecule has 0 atom stereocenters. The molecule has 0 radical (unpaired) electrons. The highest BCUT2D eigenvalue weighted by Gasteiger charge is 2.17. The molecule has 4 N–H and O–H groups in total. The second-order valence-corrected chi connectivity index (χ2v) is 5.33. The first-order valence-electron chi connectivity index (χ1n) is 5.50. The van der Waals surface area contributed by atoms with E-state index in [0.717, 1.165) is 6.21 Å². The third-order valence-electron chi connectivity index (χ3n) is 2.25. The number of nitrogens with one attached hydrogen (secondary N) is 1. The standard InChI is InChI=1S/C10H13ClN3O6P/c1-6-10(16)8(4-13-14-9(15)2-11)7(3-12-6)5-20-21(17,18)19/h3-4,16H,2,5H2,1H3,(H,14,15)(H2,17,18,19). The number of pyridine rings is 1. The van der Waals surface area contributed by atoms with E-state index < -0.39 is 20.3 Å². The van der Waals surface area contributed by atoms with Crippen molar-refractivity contribution < 1.29 is 28.8 Å². The maximum atomic E-state index is 10.9. The van der Waals surface area contributed by atoms with Gasteiger partial charge in [-0.15, -0.1) is 11.6 Å². The molecule has 1 aromatic heterocycles. The number of halogens is 1. The normalized spacial score (nSPS) is 11.8. The van der Waals surface area contributed by atoms with Gasteiger partial charge in [0.1, 0.15) is 11.6 Å². The van der Waals surface area contributed by atoms with Crippen molar-refractivity contribution >= 4 is 31.5 Å². The Bertz CT molecular complexity index is 603. The molecule has 9 nitrogen and oxygen atoms in total. The number of carbonyl (C=O) groups excluding carboxylic acids is 1. The lowest BCUT2D eigenvalue weighted by atomic mass is 10.1. The Morgan fingerprint density at radius 3 is 2.86 bits per heavy atom. The molecule has 0 spiro atoms. The van der Waals surface area contributed by atoms with Crippen LogP contribution in [0.3, 0.4) is 0 Å². The van der Waals surface area contributed by atoms with E-state index in [9.17, 15) is 14.5 Å². The summed E-state index contributed by atoms with van der Waals surface area (Å²) in [6.07, 6.45) is 2.38. The largest absolute Gasteiger partial charge is 0.505 e. The number of hydrazone groups is 1. The molecule has 1 aromatic rings. The number of hydrogen-bond acceptors (Lipinski definition) is 6. The number of aromatic nitrogens is 1. The summed E-state index contributed by atoms with van der Waals surface area (Å²) < 4.78 is 15.0. The number of hydrogen-bond donors (Lipinski definition) is 4. The number of amides is 1. The third kappa shape index (κ3) is 5.78. The minimum Gasteiger partial charge on any atom is -0.505 e. The lowest BCUT2D eigenvalue weighted by molar-refractivity contribution is -0.118. The molecule has 1 amide bonds. The fourth-order valence-corrected chi connectivity index (χ4v) is 1.63. The second kappa shape index (κ2) is 7.48. The van der Waals surface area contributed by atoms with Gasteiger partial charge in [-0.1, -0.05) is 0 Å². The topological polar surface area (TPSA) is 141 Å². The Morgan fingerprint density at radius 1 is 1.62 bits per heavy atom. The van der Waals surface area contributed by atoms with Gasteiger partial charge in [0.05, 0.1) is 18.5 Å². The van der Waals surface area contributed by atoms with Crippen molar-refractivity contribution in [2.24, 2.45) is 5.10 Å². The Labute approximate surface area is 124 Å². The van der Waals surface area contributed by atoms with E-state index in [-0.39, 0.29) is 28.5 Å². The molecule has 0 bridgehead atoms. The molecule has 116 valence electrons. The first kappa shape index (κ1) is 17.5. The van der Waals surface area contributed by atoms with Crippen molar-refractivity contribution in [2.75, 3.05) is 5.88 Å². The molecule has 0 aliphatic heterocycles. The third-order valence-corrected chi connectivity index (χ3v) is 2.96. The van der Waals surface area contributed by atoms with E-state index >= 15 is 0 Å². The van der Waals surface area contributed by atoms with Crippen LogP contribution in [0.25, 0.3) is 0 Å². The monoisotopic (exact) mass is 337 g/mol. The summed E-state index contributed by atoms with van der Waals surface area (Å²) in [4.78, 5) is 32.1. The second-order valence-electron chi connectivity index (χ2n) is 3.82. The zero-order valence-electron chi connectivity index (χ0n) is 10.9. The molecule has 0 aromatic carbocycles. The quantitative estimate of drug-likeness (QED) is 0.255. The fourth-order valence-electron chi connectivity index (χ4n) is 1.26. The van der Waals surface area contributed by atoms with Crippen LogP contribution in [0.1, 0.15) is 16.8 Å². The van der Waals surface area contributed by atoms with Crippen LogP contribution in [0.4, 0.5) is 0 Å². The van der Waals surface area contributed by atoms with Crippen LogP contribution >= 0.6 is 19.4 Å². The van der Waals surface area contributed by atoms with Crippen molar-refractivity contribution in [3.63, 3.8) is 0 Å². The zero-order valence-corrected chi connectivity index (χ0v) is 12.5. The molecule has 0 fully saturated rings. The summed E-state index contributed by atoms with van der Waals surface area (Å²) in [5.74, 6) is -1.08. The first-order valence-corrected chi connectivity index (χ1v) is 7.56. The van der Waals surface area contributed by atoms with Gasteiger partial charge in [0, 0.05) is 17.3 Å². The predicted octanol–water partition coefficient (Wildman–Crippen LogP) is 0.394. The number of aryl methyl sites for hydroxylation is 1. The highest BCUT2D eigenvalue weighted by atomic mass is 35.5. The van der Waals surface area contributed by atoms with Gasteiger partial charge in [0.2, 0.25) is 0 Å². The van der Waals surface area contributed by atoms with Crippen molar-refractivity contribution in [1.29, 1.82) is 0 Å². The van der Waals surface area contributed by atoms with Crippen LogP contribution in [0, 0.1) is 6.92 Å². The minimum absolute atomic E-state index is 0.117. The molecule has 1 rings (SSSR count). The van der Waals surface area contributed by atoms with Crippen LogP contribution in [0.15, 0.2) is 11.3 Å². The van der Waals surface area contributed by atoms with E-state index in [1.807, 2.05) is 0 Å². The van der Waals surface area contributed by atoms with Crippen LogP contribution in [-0.4, -0.2) is 37.9 Å². The van der Waals surface area contributed by atoms with E-state index in [4.69, 9.17) is 21.4 Å². The summed E-state index contributed by atoms with van der Waals surface area (Å²) >= 11 is 5.27. The summed E-state index contributed by atoms with van der Waals surface area (Å²) in [5, 5.41) is 13.5. The lowest BCUT2D eigenvalue weighted by Crippen LogP contribution is -2.18. The minimum atomic E-state index is -4.67. The van der Waals surface area contributed by atoms with Crippen molar-refractivity contribution in [1.82, 2.24) is 10.4 Å². The van der Waals surface area contributed by atoms with Gasteiger partial charge < -0.3 is 14.9 Å². The van der Waals surface area contributed by atoms with Crippen LogP contribution in [0.5, 0.6) is 5.75 Å². The van der Waals surface area contributed by atoms with Gasteiger partial charge in [-0.2, -0.15) is 5.10 Å². The molecule has 21 heavy (non-hydrogen) atoms. The number of alkyl halides is 1. The van der Waals surface area contributed by atoms with Crippen LogP contribution < -0.4 is 5.43 Å². The summed E-state index contributed by atoms with van der Waals surface area (Å²) in [7, 11) is -4.67. The number of nitrogens with zero attached hydrogens (tertiary/aromatic N) is 2. The Kier molecular flexibility index (Phi) is 6.25. The van der Waals surface area contributed by atoms with Gasteiger partial charge in [0.25, 0.3) is 5.91 Å². The lowest BCUT2D eigenvalue weighted by Gasteiger charge is -2.10. The summed E-state index contributed by atoms with van der Waals surface area (Å²) in [5.41, 5.74) is 2.68. The molecular weight excluding hydrogens is 325 g/mol. The molecular formula is C10H13ClN3O6P. The van der Waals surface area contributed by atoms with Crippen molar-refractivity contribution in [2.45, 2.75) is 13.5 Å². The van der Waals surface area contributed by atoms with Gasteiger partial charge in [-0.3, -0.25) is 14.3 Å². The van der Waals surface area contributed by atoms with Gasteiger partial charge in [-0.25, -0.2) is 9.99 Å². The van der Waals surface area contributed by atoms with E-state index in [1.165, 1.54) is 13.1 Å². The van der Waals surface area contributed by atoms with Crippen LogP contribution in [-0.2, 0) is 20.5 Å². The Balaban J connectivity index is 3.00. The van der Waals surface area contributed by atoms with E-state index in [2.05, 4.69) is 20.0 Å². The summed E-state index contributed by atoms with van der Waals surface area (Å²) in [6, 6.07) is 0. The number of carbonyl (C=O) groups is 1. The number of phosphoric acid groups is 1. The summed E-state index contributed by atoms with van der Waals surface area (Å²) in [6.45, 7) is 1.04. The van der Waals surface area contributed by atoms with Gasteiger partial charge in [-0.05, 0) is 6.92 Å². The van der Waals surface area contributed by atoms with Gasteiger partial charge in [0.15, 0.2) is 0 Å². The highest BCUT2D eigenvalue weighted by molar-refractivity contribution is 7.46. The fraction of sp³-hybridized carbons (Fsp3) is 0.300. The van der Waals surface area contributed by atoms with E-state index in [1.54, 1.807) is 0 Å². The Hall–Kier alpha value is -1.51. The molecule has 0 saturated carbocycles. The number of aromatic hydroxyl groups is 1. The average molecular weight is 338 g/mol. The smallest absolute Gasteiger partial charge is 0.469 e. The molecule has 0 saturated heterocycles. The Morgan fingerprint density at radius 2 is 2.29 bits per heavy atom. The highest BCUT2D eigenvalue weighted by Crippen LogP contribution is 2.37. The molecule has 1 heterocycles. The molecule has 0 aliphatic carbocycles. The average Bonchev–Trinajstić information content (AvgIpc) is 2.41. The SMILES string of the molecule is Cc1ncc(COP(=O)(O)O)c(C=NNC(=O)CCl)c1O. The first-order chi connectivity index (χ1) is 9.74. The number of rotatable bonds is 6. The molecule has 0 aliphatic rings. The van der Waals surface area contributed by atoms with Gasteiger partial charge >= 0.3 is 7.82 Å².